The number of hydrogen-bond donors (Lipinski definition) is 0. The largest absolute Gasteiger partial charge is 0.175 e. The molecule has 160 valence electrons. The summed E-state index contributed by atoms with van der Waals surface area (Å²) in [5, 5.41) is 5.94. The zero-order valence-electron chi connectivity index (χ0n) is 17.1. The lowest BCUT2D eigenvalue weighted by atomic mass is 10.4. The Balaban J connectivity index is 1.91. The number of benzene rings is 4. The predicted molar refractivity (Wildman–Crippen MR) is 163 cm³/mol. The Labute approximate surface area is 224 Å². The molecule has 1 fully saturated rings. The Kier molecular flexibility index (Phi) is 6.37. The minimum Gasteiger partial charge on any atom is -0.125 e. The molecular weight excluding hydrogens is 720 g/mol. The Hall–Kier alpha value is -0.332. The van der Waals surface area contributed by atoms with Crippen molar-refractivity contribution in [1.29, 1.82) is 0 Å². The predicted octanol–water partition coefficient (Wildman–Crippen LogP) is 5.30. The monoisotopic (exact) mass is 736 g/mol. The van der Waals surface area contributed by atoms with Gasteiger partial charge in [-0.05, 0) is 20.7 Å². The van der Waals surface area contributed by atoms with Gasteiger partial charge in [0.1, 0.15) is 0 Å². The van der Waals surface area contributed by atoms with Gasteiger partial charge in [0, 0.05) is 0 Å². The first-order valence-corrected chi connectivity index (χ1v) is 31.4. The van der Waals surface area contributed by atoms with Gasteiger partial charge in [0.05, 0.1) is 0 Å². The van der Waals surface area contributed by atoms with Gasteiger partial charge in [-0.2, -0.15) is 0 Å². The molecule has 0 aromatic heterocycles. The molecule has 1 saturated heterocycles. The third-order valence-corrected chi connectivity index (χ3v) is 163. The van der Waals surface area contributed by atoms with E-state index >= 15 is 0 Å². The smallest absolute Gasteiger partial charge is 0.125 e. The fourth-order valence-corrected chi connectivity index (χ4v) is 240. The van der Waals surface area contributed by atoms with Crippen molar-refractivity contribution in [3.63, 3.8) is 0 Å². The summed E-state index contributed by atoms with van der Waals surface area (Å²) in [4.78, 5) is 0. The van der Waals surface area contributed by atoms with Gasteiger partial charge in [0.15, 0.2) is 22.9 Å². The van der Waals surface area contributed by atoms with Crippen molar-refractivity contribution >= 4 is 105 Å². The summed E-state index contributed by atoms with van der Waals surface area (Å²) in [6.45, 7) is 0. The lowest BCUT2D eigenvalue weighted by Crippen LogP contribution is -3.10. The Morgan fingerprint density at radius 3 is 0.594 bits per heavy atom. The molecule has 0 radical (unpaired) electrons. The minimum absolute atomic E-state index is 1.48. The van der Waals surface area contributed by atoms with Crippen molar-refractivity contribution in [3.8, 4) is 0 Å². The first-order valence-electron chi connectivity index (χ1n) is 10.4. The first kappa shape index (κ1) is 23.4. The summed E-state index contributed by atoms with van der Waals surface area (Å²) in [5.74, 6) is 0. The van der Waals surface area contributed by atoms with Gasteiger partial charge in [0.2, 0.25) is 0 Å². The normalized spacial score (nSPS) is 31.6. The quantitative estimate of drug-likeness (QED) is 0.197. The fourth-order valence-electron chi connectivity index (χ4n) is 5.15. The van der Waals surface area contributed by atoms with E-state index in [1.807, 2.05) is 0 Å². The number of halogens is 4. The lowest BCUT2D eigenvalue weighted by molar-refractivity contribution is 1.74. The highest BCUT2D eigenvalue weighted by atomic mass is 79.9. The average molecular weight is 740 g/mol. The molecule has 1 aliphatic heterocycles. The molecule has 0 unspecified atom stereocenters. The van der Waals surface area contributed by atoms with Gasteiger partial charge < -0.3 is 0 Å². The van der Waals surface area contributed by atoms with Gasteiger partial charge in [0.25, 0.3) is 0 Å². The molecule has 0 N–H and O–H groups in total. The molecule has 0 bridgehead atoms. The highest BCUT2D eigenvalue weighted by molar-refractivity contribution is 9.56. The molecule has 0 atom stereocenters. The zero-order chi connectivity index (χ0) is 22.5. The summed E-state index contributed by atoms with van der Waals surface area (Å²) >= 11 is 18.6. The number of rotatable bonds is 4. The van der Waals surface area contributed by atoms with Crippen LogP contribution in [-0.2, 0) is 0 Å². The molecule has 1 heterocycles. The van der Waals surface area contributed by atoms with Crippen molar-refractivity contribution in [3.05, 3.63) is 121 Å². The molecule has 5 rings (SSSR count). The topological polar surface area (TPSA) is 0 Å². The lowest BCUT2D eigenvalue weighted by Gasteiger charge is -2.69. The zero-order valence-corrected chi connectivity index (χ0v) is 27.4. The minimum atomic E-state index is -2.24. The third-order valence-electron chi connectivity index (χ3n) is 6.59. The van der Waals surface area contributed by atoms with Crippen LogP contribution in [0.15, 0.2) is 121 Å². The standard InChI is InChI=1S/C24H20Br4Si4/c25-29(21-13-5-1-6-14-21)30(26,22-15-7-2-8-16-22)32(28,24-19-11-4-12-20-24)31(29,27)23-17-9-3-10-18-23/h1-20H. The Bertz CT molecular complexity index is 1020. The molecular formula is C24H20Br4Si4. The van der Waals surface area contributed by atoms with Crippen molar-refractivity contribution in [2.45, 2.75) is 0 Å². The van der Waals surface area contributed by atoms with Crippen molar-refractivity contribution in [2.75, 3.05) is 0 Å². The Morgan fingerprint density at radius 1 is 0.281 bits per heavy atom. The van der Waals surface area contributed by atoms with E-state index in [-0.39, 0.29) is 0 Å². The molecule has 0 nitrogen and oxygen atoms in total. The summed E-state index contributed by atoms with van der Waals surface area (Å²) in [6.07, 6.45) is 0. The van der Waals surface area contributed by atoms with Crippen LogP contribution in [0.3, 0.4) is 0 Å². The van der Waals surface area contributed by atoms with Crippen molar-refractivity contribution in [1.82, 2.24) is 0 Å². The van der Waals surface area contributed by atoms with E-state index in [0.717, 1.165) is 0 Å². The second-order valence-corrected chi connectivity index (χ2v) is 71.5. The van der Waals surface area contributed by atoms with Crippen LogP contribution in [0.5, 0.6) is 0 Å². The third kappa shape index (κ3) is 2.90. The average Bonchev–Trinajstić information content (AvgIpc) is 2.88. The maximum absolute atomic E-state index is 4.64. The van der Waals surface area contributed by atoms with E-state index in [0.29, 0.717) is 0 Å². The molecule has 8 heteroatoms. The summed E-state index contributed by atoms with van der Waals surface area (Å²) in [7, 11) is 0. The van der Waals surface area contributed by atoms with Crippen molar-refractivity contribution in [2.24, 2.45) is 0 Å². The first-order chi connectivity index (χ1) is 15.4. The van der Waals surface area contributed by atoms with Crippen LogP contribution in [-0.4, -0.2) is 22.9 Å². The number of hydrogen-bond acceptors (Lipinski definition) is 0. The van der Waals surface area contributed by atoms with E-state index in [1.54, 1.807) is 0 Å². The highest BCUT2D eigenvalue weighted by Gasteiger charge is 2.92. The van der Waals surface area contributed by atoms with Gasteiger partial charge in [-0.15, -0.1) is 61.2 Å². The molecule has 0 aliphatic carbocycles. The van der Waals surface area contributed by atoms with E-state index in [1.165, 1.54) is 20.7 Å². The van der Waals surface area contributed by atoms with Gasteiger partial charge in [-0.3, -0.25) is 0 Å². The maximum atomic E-state index is 4.64. The van der Waals surface area contributed by atoms with E-state index < -0.39 is 22.9 Å². The second kappa shape index (κ2) is 8.71. The van der Waals surface area contributed by atoms with Crippen molar-refractivity contribution < 1.29 is 0 Å². The maximum Gasteiger partial charge on any atom is 0.175 e. The van der Waals surface area contributed by atoms with E-state index in [4.69, 9.17) is 0 Å². The van der Waals surface area contributed by atoms with Crippen LogP contribution in [0.1, 0.15) is 0 Å². The molecule has 0 spiro atoms. The van der Waals surface area contributed by atoms with Gasteiger partial charge in [-0.1, -0.05) is 121 Å². The Morgan fingerprint density at radius 2 is 0.438 bits per heavy atom. The summed E-state index contributed by atoms with van der Waals surface area (Å²) < 4.78 is 0. The second-order valence-electron chi connectivity index (χ2n) is 8.10. The van der Waals surface area contributed by atoms with Gasteiger partial charge >= 0.3 is 0 Å². The molecule has 32 heavy (non-hydrogen) atoms. The van der Waals surface area contributed by atoms with Gasteiger partial charge in [-0.25, -0.2) is 0 Å². The highest BCUT2D eigenvalue weighted by Crippen LogP contribution is 2.60. The van der Waals surface area contributed by atoms with E-state index in [9.17, 15) is 0 Å². The SMILES string of the molecule is Br[Si]1(c2ccccc2)[Si](Br)(c2ccccc2)[Si](Br)(c2ccccc2)[Si]1(Br)c1ccccc1. The van der Waals surface area contributed by atoms with Crippen LogP contribution in [0.4, 0.5) is 0 Å². The van der Waals surface area contributed by atoms with Crippen LogP contribution in [0.2, 0.25) is 0 Å². The molecule has 4 aromatic carbocycles. The fraction of sp³-hybridized carbons (Fsp3) is 0. The van der Waals surface area contributed by atoms with Crippen LogP contribution >= 0.6 is 61.2 Å². The van der Waals surface area contributed by atoms with Crippen LogP contribution < -0.4 is 20.7 Å². The molecule has 0 amide bonds. The molecule has 1 aliphatic rings. The summed E-state index contributed by atoms with van der Waals surface area (Å²) in [5.41, 5.74) is -8.97. The summed E-state index contributed by atoms with van der Waals surface area (Å²) in [6, 6.07) is 44.9. The van der Waals surface area contributed by atoms with Crippen LogP contribution in [0.25, 0.3) is 0 Å². The van der Waals surface area contributed by atoms with Crippen LogP contribution in [0, 0.1) is 0 Å². The molecule has 4 aromatic rings. The molecule has 0 saturated carbocycles. The van der Waals surface area contributed by atoms with E-state index in [2.05, 4.69) is 182 Å².